The van der Waals surface area contributed by atoms with Crippen molar-refractivity contribution in [2.45, 2.75) is 32.7 Å². The maximum atomic E-state index is 12.4. The minimum Gasteiger partial charge on any atom is -0.354 e. The van der Waals surface area contributed by atoms with Crippen molar-refractivity contribution >= 4 is 33.6 Å². The van der Waals surface area contributed by atoms with Crippen molar-refractivity contribution in [2.24, 2.45) is 5.92 Å². The summed E-state index contributed by atoms with van der Waals surface area (Å²) < 4.78 is 0.919. The number of nitrogens with zero attached hydrogens (tertiary/aromatic N) is 3. The lowest BCUT2D eigenvalue weighted by Crippen LogP contribution is -2.49. The number of amides is 3. The molecule has 1 heterocycles. The van der Waals surface area contributed by atoms with Gasteiger partial charge in [0.25, 0.3) is 0 Å². The molecular formula is C16H22BrN7O2. The Labute approximate surface area is 159 Å². The molecular weight excluding hydrogens is 402 g/mol. The van der Waals surface area contributed by atoms with Gasteiger partial charge in [0.2, 0.25) is 5.91 Å². The Morgan fingerprint density at radius 1 is 1.23 bits per heavy atom. The van der Waals surface area contributed by atoms with Crippen LogP contribution in [0.5, 0.6) is 0 Å². The van der Waals surface area contributed by atoms with Crippen LogP contribution in [0.15, 0.2) is 28.7 Å². The summed E-state index contributed by atoms with van der Waals surface area (Å²) in [4.78, 5) is 24.6. The molecule has 0 spiro atoms. The van der Waals surface area contributed by atoms with Gasteiger partial charge in [-0.2, -0.15) is 5.21 Å². The van der Waals surface area contributed by atoms with Gasteiger partial charge >= 0.3 is 6.03 Å². The van der Waals surface area contributed by atoms with Crippen molar-refractivity contribution in [1.82, 2.24) is 31.3 Å². The minimum atomic E-state index is -0.629. The lowest BCUT2D eigenvalue weighted by molar-refractivity contribution is -0.123. The Kier molecular flexibility index (Phi) is 7.52. The van der Waals surface area contributed by atoms with Crippen LogP contribution in [0, 0.1) is 5.92 Å². The molecule has 2 rings (SSSR count). The monoisotopic (exact) mass is 423 g/mol. The third kappa shape index (κ3) is 6.79. The third-order valence-electron chi connectivity index (χ3n) is 3.47. The van der Waals surface area contributed by atoms with Crippen molar-refractivity contribution in [3.63, 3.8) is 0 Å². The van der Waals surface area contributed by atoms with Crippen LogP contribution in [-0.2, 0) is 11.2 Å². The average Bonchev–Trinajstić information content (AvgIpc) is 3.09. The average molecular weight is 424 g/mol. The summed E-state index contributed by atoms with van der Waals surface area (Å²) in [5, 5.41) is 21.7. The lowest BCUT2D eigenvalue weighted by Gasteiger charge is -2.20. The second-order valence-electron chi connectivity index (χ2n) is 6.16. The predicted molar refractivity (Wildman–Crippen MR) is 100 cm³/mol. The van der Waals surface area contributed by atoms with E-state index in [0.29, 0.717) is 30.9 Å². The molecule has 9 nitrogen and oxygen atoms in total. The number of rotatable bonds is 8. The molecule has 0 saturated heterocycles. The topological polar surface area (TPSA) is 125 Å². The molecule has 1 unspecified atom stereocenters. The van der Waals surface area contributed by atoms with Crippen molar-refractivity contribution < 1.29 is 9.59 Å². The summed E-state index contributed by atoms with van der Waals surface area (Å²) >= 11 is 3.34. The van der Waals surface area contributed by atoms with Crippen LogP contribution in [0.4, 0.5) is 10.5 Å². The number of aromatic amines is 1. The molecule has 0 aliphatic carbocycles. The molecule has 0 saturated carbocycles. The van der Waals surface area contributed by atoms with Gasteiger partial charge in [0.05, 0.1) is 0 Å². The number of hydrogen-bond acceptors (Lipinski definition) is 5. The third-order valence-corrected chi connectivity index (χ3v) is 4.00. The van der Waals surface area contributed by atoms with E-state index >= 15 is 0 Å². The predicted octanol–water partition coefficient (Wildman–Crippen LogP) is 1.86. The van der Waals surface area contributed by atoms with E-state index in [1.54, 1.807) is 12.1 Å². The molecule has 1 atom stereocenters. The zero-order valence-corrected chi connectivity index (χ0v) is 16.2. The van der Waals surface area contributed by atoms with E-state index in [4.69, 9.17) is 0 Å². The Morgan fingerprint density at radius 3 is 2.58 bits per heavy atom. The second-order valence-corrected chi connectivity index (χ2v) is 7.07. The SMILES string of the molecule is CC(C)CC(NC(=O)Nc1ccc(Br)cc1)C(=O)NCCc1nn[nH]n1. The number of aromatic nitrogens is 4. The van der Waals surface area contributed by atoms with E-state index in [1.807, 2.05) is 26.0 Å². The van der Waals surface area contributed by atoms with Crippen LogP contribution in [0.3, 0.4) is 0 Å². The maximum Gasteiger partial charge on any atom is 0.319 e. The first-order chi connectivity index (χ1) is 12.4. The van der Waals surface area contributed by atoms with Crippen molar-refractivity contribution in [3.8, 4) is 0 Å². The van der Waals surface area contributed by atoms with Crippen molar-refractivity contribution in [3.05, 3.63) is 34.6 Å². The Hall–Kier alpha value is -2.49. The molecule has 1 aromatic heterocycles. The highest BCUT2D eigenvalue weighted by atomic mass is 79.9. The Morgan fingerprint density at radius 2 is 1.96 bits per heavy atom. The van der Waals surface area contributed by atoms with Gasteiger partial charge in [-0.25, -0.2) is 4.79 Å². The van der Waals surface area contributed by atoms with E-state index in [1.165, 1.54) is 0 Å². The molecule has 1 aromatic carbocycles. The van der Waals surface area contributed by atoms with Crippen LogP contribution >= 0.6 is 15.9 Å². The van der Waals surface area contributed by atoms with E-state index in [2.05, 4.69) is 52.5 Å². The maximum absolute atomic E-state index is 12.4. The number of carbonyl (C=O) groups excluding carboxylic acids is 2. The number of carbonyl (C=O) groups is 2. The molecule has 2 aromatic rings. The fourth-order valence-electron chi connectivity index (χ4n) is 2.27. The first-order valence-electron chi connectivity index (χ1n) is 8.27. The fraction of sp³-hybridized carbons (Fsp3) is 0.438. The number of halogens is 1. The van der Waals surface area contributed by atoms with E-state index in [-0.39, 0.29) is 11.8 Å². The highest BCUT2D eigenvalue weighted by Crippen LogP contribution is 2.14. The van der Waals surface area contributed by atoms with Gasteiger partial charge in [-0.3, -0.25) is 4.79 Å². The number of benzene rings is 1. The first kappa shape index (κ1) is 19.8. The molecule has 0 radical (unpaired) electrons. The summed E-state index contributed by atoms with van der Waals surface area (Å²) in [6.07, 6.45) is 0.990. The van der Waals surface area contributed by atoms with E-state index < -0.39 is 12.1 Å². The van der Waals surface area contributed by atoms with Gasteiger partial charge in [-0.1, -0.05) is 35.0 Å². The smallest absolute Gasteiger partial charge is 0.319 e. The minimum absolute atomic E-state index is 0.242. The summed E-state index contributed by atoms with van der Waals surface area (Å²) in [6.45, 7) is 4.35. The quantitative estimate of drug-likeness (QED) is 0.515. The molecule has 3 amide bonds. The standard InChI is InChI=1S/C16H22BrN7O2/c1-10(2)9-13(15(25)18-8-7-14-21-23-24-22-14)20-16(26)19-12-5-3-11(17)4-6-12/h3-6,10,13H,7-9H2,1-2H3,(H,18,25)(H2,19,20,26)(H,21,22,23,24). The highest BCUT2D eigenvalue weighted by molar-refractivity contribution is 9.10. The summed E-state index contributed by atoms with van der Waals surface area (Å²) in [5.41, 5.74) is 0.645. The molecule has 0 aliphatic rings. The van der Waals surface area contributed by atoms with Gasteiger partial charge in [0, 0.05) is 23.1 Å². The van der Waals surface area contributed by atoms with Crippen LogP contribution in [0.25, 0.3) is 0 Å². The zero-order valence-electron chi connectivity index (χ0n) is 14.6. The molecule has 26 heavy (non-hydrogen) atoms. The van der Waals surface area contributed by atoms with Gasteiger partial charge in [-0.05, 0) is 36.6 Å². The molecule has 0 fully saturated rings. The summed E-state index contributed by atoms with van der Waals surface area (Å²) in [6, 6.07) is 6.14. The molecule has 4 N–H and O–H groups in total. The number of anilines is 1. The number of urea groups is 1. The second kappa shape index (κ2) is 9.85. The van der Waals surface area contributed by atoms with E-state index in [0.717, 1.165) is 4.47 Å². The van der Waals surface area contributed by atoms with Crippen molar-refractivity contribution in [1.29, 1.82) is 0 Å². The number of H-pyrrole nitrogens is 1. The normalized spacial score (nSPS) is 11.8. The largest absolute Gasteiger partial charge is 0.354 e. The lowest BCUT2D eigenvalue weighted by atomic mass is 10.0. The van der Waals surface area contributed by atoms with Gasteiger partial charge in [-0.15, -0.1) is 10.2 Å². The Bertz CT molecular complexity index is 704. The fourth-order valence-corrected chi connectivity index (χ4v) is 2.54. The van der Waals surface area contributed by atoms with Crippen molar-refractivity contribution in [2.75, 3.05) is 11.9 Å². The Balaban J connectivity index is 1.87. The molecule has 10 heteroatoms. The van der Waals surface area contributed by atoms with Crippen LogP contribution in [0.2, 0.25) is 0 Å². The summed E-state index contributed by atoms with van der Waals surface area (Å²) in [5.74, 6) is 0.524. The van der Waals surface area contributed by atoms with Crippen LogP contribution < -0.4 is 16.0 Å². The molecule has 0 bridgehead atoms. The highest BCUT2D eigenvalue weighted by Gasteiger charge is 2.21. The van der Waals surface area contributed by atoms with E-state index in [9.17, 15) is 9.59 Å². The molecule has 140 valence electrons. The number of nitrogens with one attached hydrogen (secondary N) is 4. The number of tetrazole rings is 1. The zero-order chi connectivity index (χ0) is 18.9. The van der Waals surface area contributed by atoms with Crippen LogP contribution in [0.1, 0.15) is 26.1 Å². The first-order valence-corrected chi connectivity index (χ1v) is 9.06. The number of hydrogen-bond donors (Lipinski definition) is 4. The molecule has 0 aliphatic heterocycles. The van der Waals surface area contributed by atoms with Gasteiger partial charge in [0.15, 0.2) is 5.82 Å². The summed E-state index contributed by atoms with van der Waals surface area (Å²) in [7, 11) is 0. The van der Waals surface area contributed by atoms with Gasteiger partial charge in [0.1, 0.15) is 6.04 Å². The van der Waals surface area contributed by atoms with Crippen LogP contribution in [-0.4, -0.2) is 45.1 Å². The van der Waals surface area contributed by atoms with Gasteiger partial charge < -0.3 is 16.0 Å².